The molecule has 1 saturated heterocycles. The normalized spacial score (nSPS) is 18.0. The zero-order valence-corrected chi connectivity index (χ0v) is 13.6. The van der Waals surface area contributed by atoms with Gasteiger partial charge in [-0.2, -0.15) is 0 Å². The van der Waals surface area contributed by atoms with E-state index in [1.54, 1.807) is 32.6 Å². The first-order valence-electron chi connectivity index (χ1n) is 7.39. The van der Waals surface area contributed by atoms with Gasteiger partial charge in [0.15, 0.2) is 0 Å². The van der Waals surface area contributed by atoms with Gasteiger partial charge in [0.05, 0.1) is 0 Å². The van der Waals surface area contributed by atoms with Crippen molar-refractivity contribution in [1.82, 2.24) is 10.2 Å². The van der Waals surface area contributed by atoms with Gasteiger partial charge in [0.2, 0.25) is 11.8 Å². The highest BCUT2D eigenvalue weighted by atomic mass is 16.6. The van der Waals surface area contributed by atoms with Crippen molar-refractivity contribution in [3.05, 3.63) is 0 Å². The minimum absolute atomic E-state index is 0.0379. The fraction of sp³-hybridized carbons (Fsp3) is 0.800. The molecule has 1 rings (SSSR count). The van der Waals surface area contributed by atoms with Crippen LogP contribution in [-0.4, -0.2) is 47.4 Å². The minimum atomic E-state index is -0.664. The van der Waals surface area contributed by atoms with Gasteiger partial charge in [-0.25, -0.2) is 4.79 Å². The minimum Gasteiger partial charge on any atom is -0.458 e. The number of ether oxygens (including phenoxy) is 1. The molecule has 0 radical (unpaired) electrons. The van der Waals surface area contributed by atoms with Crippen molar-refractivity contribution in [2.75, 3.05) is 13.1 Å². The third kappa shape index (κ3) is 5.73. The molecule has 1 aliphatic rings. The van der Waals surface area contributed by atoms with Gasteiger partial charge in [-0.3, -0.25) is 9.59 Å². The van der Waals surface area contributed by atoms with Crippen LogP contribution >= 0.6 is 0 Å². The molecule has 0 aromatic rings. The molecule has 0 saturated carbocycles. The molecular weight excluding hydrogens is 272 g/mol. The highest BCUT2D eigenvalue weighted by molar-refractivity contribution is 5.85. The number of nitrogens with zero attached hydrogens (tertiary/aromatic N) is 1. The third-order valence-electron chi connectivity index (χ3n) is 3.43. The summed E-state index contributed by atoms with van der Waals surface area (Å²) in [6.07, 6.45) is 1.26. The lowest BCUT2D eigenvalue weighted by Crippen LogP contribution is -2.47. The molecule has 0 unspecified atom stereocenters. The first-order chi connectivity index (χ1) is 9.60. The Bertz CT molecular complexity index is 406. The lowest BCUT2D eigenvalue weighted by Gasteiger charge is -2.31. The summed E-state index contributed by atoms with van der Waals surface area (Å²) in [7, 11) is 0. The second-order valence-corrected chi connectivity index (χ2v) is 6.54. The molecule has 0 aliphatic carbocycles. The van der Waals surface area contributed by atoms with Crippen molar-refractivity contribution in [3.63, 3.8) is 0 Å². The molecule has 0 spiro atoms. The molecule has 6 heteroatoms. The van der Waals surface area contributed by atoms with Crippen LogP contribution in [-0.2, 0) is 19.1 Å². The number of amides is 2. The molecule has 2 amide bonds. The van der Waals surface area contributed by atoms with Crippen LogP contribution in [0.1, 0.15) is 47.5 Å². The number of carbonyl (C=O) groups is 3. The molecule has 1 atom stereocenters. The Balaban J connectivity index is 2.43. The molecular formula is C15H26N2O4. The average Bonchev–Trinajstić information content (AvgIpc) is 2.36. The molecule has 0 bridgehead atoms. The predicted molar refractivity (Wildman–Crippen MR) is 78.4 cm³/mol. The Kier molecular flexibility index (Phi) is 5.75. The van der Waals surface area contributed by atoms with Crippen molar-refractivity contribution in [3.8, 4) is 0 Å². The van der Waals surface area contributed by atoms with Gasteiger partial charge < -0.3 is 15.0 Å². The number of rotatable bonds is 3. The van der Waals surface area contributed by atoms with Gasteiger partial charge in [-0.1, -0.05) is 0 Å². The molecule has 120 valence electrons. The maximum Gasteiger partial charge on any atom is 0.328 e. The van der Waals surface area contributed by atoms with Crippen molar-refractivity contribution < 1.29 is 19.1 Å². The zero-order valence-electron chi connectivity index (χ0n) is 13.6. The highest BCUT2D eigenvalue weighted by Gasteiger charge is 2.29. The lowest BCUT2D eigenvalue weighted by atomic mass is 9.95. The summed E-state index contributed by atoms with van der Waals surface area (Å²) in [4.78, 5) is 36.9. The van der Waals surface area contributed by atoms with Gasteiger partial charge >= 0.3 is 5.97 Å². The smallest absolute Gasteiger partial charge is 0.328 e. The second kappa shape index (κ2) is 6.91. The summed E-state index contributed by atoms with van der Waals surface area (Å²) in [6, 6.07) is -0.664. The number of piperidine rings is 1. The van der Waals surface area contributed by atoms with E-state index in [4.69, 9.17) is 4.74 Å². The molecule has 0 aromatic heterocycles. The molecule has 1 fully saturated rings. The van der Waals surface area contributed by atoms with Crippen LogP contribution in [0.2, 0.25) is 0 Å². The van der Waals surface area contributed by atoms with E-state index in [2.05, 4.69) is 5.32 Å². The molecule has 21 heavy (non-hydrogen) atoms. The monoisotopic (exact) mass is 298 g/mol. The number of hydrogen-bond acceptors (Lipinski definition) is 4. The summed E-state index contributed by atoms with van der Waals surface area (Å²) >= 11 is 0. The van der Waals surface area contributed by atoms with E-state index in [1.165, 1.54) is 6.92 Å². The fourth-order valence-electron chi connectivity index (χ4n) is 2.24. The van der Waals surface area contributed by atoms with Crippen molar-refractivity contribution in [2.45, 2.75) is 59.1 Å². The van der Waals surface area contributed by atoms with E-state index in [-0.39, 0.29) is 17.7 Å². The lowest BCUT2D eigenvalue weighted by molar-refractivity contribution is -0.158. The Morgan fingerprint density at radius 3 is 2.14 bits per heavy atom. The summed E-state index contributed by atoms with van der Waals surface area (Å²) in [5.74, 6) is -0.685. The van der Waals surface area contributed by atoms with E-state index in [0.717, 1.165) is 0 Å². The van der Waals surface area contributed by atoms with Crippen LogP contribution in [0, 0.1) is 5.92 Å². The predicted octanol–water partition coefficient (Wildman–Crippen LogP) is 1.09. The molecule has 1 N–H and O–H groups in total. The first kappa shape index (κ1) is 17.5. The van der Waals surface area contributed by atoms with Crippen LogP contribution < -0.4 is 5.32 Å². The van der Waals surface area contributed by atoms with Crippen LogP contribution in [0.25, 0.3) is 0 Å². The number of carbonyl (C=O) groups excluding carboxylic acids is 3. The van der Waals surface area contributed by atoms with Crippen LogP contribution in [0.5, 0.6) is 0 Å². The Labute approximate surface area is 126 Å². The maximum atomic E-state index is 12.1. The van der Waals surface area contributed by atoms with E-state index in [0.29, 0.717) is 25.9 Å². The highest BCUT2D eigenvalue weighted by Crippen LogP contribution is 2.18. The standard InChI is InChI=1S/C15H26N2O4/c1-10(14(20)21-15(3,4)5)16-13(19)12-6-8-17(9-7-12)11(2)18/h10,12H,6-9H2,1-5H3,(H,16,19)/t10-/m0/s1. The number of esters is 1. The van der Waals surface area contributed by atoms with Gasteiger partial charge in [-0.15, -0.1) is 0 Å². The first-order valence-corrected chi connectivity index (χ1v) is 7.39. The summed E-state index contributed by atoms with van der Waals surface area (Å²) in [5, 5.41) is 2.70. The summed E-state index contributed by atoms with van der Waals surface area (Å²) in [5.41, 5.74) is -0.567. The number of hydrogen-bond donors (Lipinski definition) is 1. The van der Waals surface area contributed by atoms with Crippen LogP contribution in [0.15, 0.2) is 0 Å². The number of nitrogens with one attached hydrogen (secondary N) is 1. The maximum absolute atomic E-state index is 12.1. The molecule has 1 aliphatic heterocycles. The second-order valence-electron chi connectivity index (χ2n) is 6.54. The quantitative estimate of drug-likeness (QED) is 0.791. The van der Waals surface area contributed by atoms with E-state index in [1.807, 2.05) is 0 Å². The van der Waals surface area contributed by atoms with Gasteiger partial charge in [0, 0.05) is 25.9 Å². The van der Waals surface area contributed by atoms with Crippen LogP contribution in [0.4, 0.5) is 0 Å². The van der Waals surface area contributed by atoms with Gasteiger partial charge in [-0.05, 0) is 40.5 Å². The molecule has 1 heterocycles. The Morgan fingerprint density at radius 1 is 1.19 bits per heavy atom. The number of likely N-dealkylation sites (tertiary alicyclic amines) is 1. The summed E-state index contributed by atoms with van der Waals surface area (Å²) < 4.78 is 5.23. The van der Waals surface area contributed by atoms with Gasteiger partial charge in [0.1, 0.15) is 11.6 Å². The summed E-state index contributed by atoms with van der Waals surface area (Å²) in [6.45, 7) is 9.70. The van der Waals surface area contributed by atoms with Crippen molar-refractivity contribution >= 4 is 17.8 Å². The Morgan fingerprint density at radius 2 is 1.71 bits per heavy atom. The largest absolute Gasteiger partial charge is 0.458 e. The SMILES string of the molecule is CC(=O)N1CCC(C(=O)N[C@@H](C)C(=O)OC(C)(C)C)CC1. The molecule has 6 nitrogen and oxygen atoms in total. The average molecular weight is 298 g/mol. The van der Waals surface area contributed by atoms with E-state index < -0.39 is 17.6 Å². The topological polar surface area (TPSA) is 75.7 Å². The third-order valence-corrected chi connectivity index (χ3v) is 3.43. The van der Waals surface area contributed by atoms with Crippen LogP contribution in [0.3, 0.4) is 0 Å². The molecule has 0 aromatic carbocycles. The van der Waals surface area contributed by atoms with Gasteiger partial charge in [0.25, 0.3) is 0 Å². The zero-order chi connectivity index (χ0) is 16.2. The van der Waals surface area contributed by atoms with Crippen molar-refractivity contribution in [1.29, 1.82) is 0 Å². The van der Waals surface area contributed by atoms with Crippen molar-refractivity contribution in [2.24, 2.45) is 5.92 Å². The van der Waals surface area contributed by atoms with E-state index >= 15 is 0 Å². The van der Waals surface area contributed by atoms with E-state index in [9.17, 15) is 14.4 Å². The Hall–Kier alpha value is -1.59. The fourth-order valence-corrected chi connectivity index (χ4v) is 2.24.